The molecule has 0 aromatic carbocycles. The first kappa shape index (κ1) is 8.27. The van der Waals surface area contributed by atoms with Gasteiger partial charge in [-0.05, 0) is 5.41 Å². The molecule has 0 bridgehead atoms. The van der Waals surface area contributed by atoms with E-state index >= 15 is 0 Å². The van der Waals surface area contributed by atoms with E-state index in [9.17, 15) is 4.79 Å². The minimum atomic E-state index is -1.20. The fourth-order valence-corrected chi connectivity index (χ4v) is 0.278. The molecule has 1 N–H and O–H groups in total. The lowest BCUT2D eigenvalue weighted by Crippen LogP contribution is -2.16. The van der Waals surface area contributed by atoms with Crippen LogP contribution in [0.25, 0.3) is 0 Å². The summed E-state index contributed by atoms with van der Waals surface area (Å²) < 4.78 is 4.32. The average Bonchev–Trinajstić information content (AvgIpc) is 1.59. The fourth-order valence-electron chi connectivity index (χ4n) is 0.278. The van der Waals surface area contributed by atoms with E-state index in [0.29, 0.717) is 0 Å². The average molecular weight is 132 g/mol. The number of ether oxygens (including phenoxy) is 1. The highest BCUT2D eigenvalue weighted by molar-refractivity contribution is 5.56. The van der Waals surface area contributed by atoms with Crippen molar-refractivity contribution in [1.82, 2.24) is 0 Å². The summed E-state index contributed by atoms with van der Waals surface area (Å²) in [6.45, 7) is 5.99. The highest BCUT2D eigenvalue weighted by Crippen LogP contribution is 2.12. The lowest BCUT2D eigenvalue weighted by Gasteiger charge is -2.15. The van der Waals surface area contributed by atoms with Gasteiger partial charge in [0, 0.05) is 0 Å². The second-order valence-electron chi connectivity index (χ2n) is 3.12. The van der Waals surface area contributed by atoms with E-state index in [2.05, 4.69) is 4.74 Å². The van der Waals surface area contributed by atoms with Crippen molar-refractivity contribution in [3.8, 4) is 0 Å². The Hall–Kier alpha value is -0.730. The first-order valence-electron chi connectivity index (χ1n) is 2.77. The molecular formula is C6H12O3. The summed E-state index contributed by atoms with van der Waals surface area (Å²) in [6.07, 6.45) is -1.20. The van der Waals surface area contributed by atoms with Crippen LogP contribution in [-0.4, -0.2) is 17.9 Å². The van der Waals surface area contributed by atoms with Crippen LogP contribution >= 0.6 is 0 Å². The summed E-state index contributed by atoms with van der Waals surface area (Å²) in [5.41, 5.74) is -0.0710. The molecule has 0 unspecified atom stereocenters. The highest BCUT2D eigenvalue weighted by atomic mass is 16.7. The standard InChI is InChI=1S/C6H12O3/c1-6(2,3)4-9-5(7)8/h4H2,1-3H3,(H,7,8). The third-order valence-electron chi connectivity index (χ3n) is 0.629. The molecular weight excluding hydrogens is 120 g/mol. The van der Waals surface area contributed by atoms with E-state index in [1.807, 2.05) is 20.8 Å². The number of hydrogen-bond donors (Lipinski definition) is 1. The molecule has 9 heavy (non-hydrogen) atoms. The topological polar surface area (TPSA) is 46.5 Å². The first-order valence-corrected chi connectivity index (χ1v) is 2.77. The van der Waals surface area contributed by atoms with Gasteiger partial charge < -0.3 is 9.84 Å². The normalized spacial score (nSPS) is 11.0. The first-order chi connectivity index (χ1) is 3.92. The Labute approximate surface area is 54.6 Å². The van der Waals surface area contributed by atoms with E-state index < -0.39 is 6.16 Å². The van der Waals surface area contributed by atoms with Gasteiger partial charge in [-0.25, -0.2) is 4.79 Å². The third-order valence-corrected chi connectivity index (χ3v) is 0.629. The molecule has 0 saturated heterocycles. The molecule has 0 saturated carbocycles. The maximum atomic E-state index is 9.82. The fraction of sp³-hybridized carbons (Fsp3) is 0.833. The quantitative estimate of drug-likeness (QED) is 0.552. The zero-order valence-electron chi connectivity index (χ0n) is 5.97. The molecule has 0 rings (SSSR count). The van der Waals surface area contributed by atoms with E-state index in [1.54, 1.807) is 0 Å². The zero-order chi connectivity index (χ0) is 7.49. The van der Waals surface area contributed by atoms with Crippen molar-refractivity contribution in [1.29, 1.82) is 0 Å². The van der Waals surface area contributed by atoms with Crippen molar-refractivity contribution in [3.63, 3.8) is 0 Å². The highest BCUT2D eigenvalue weighted by Gasteiger charge is 2.12. The summed E-state index contributed by atoms with van der Waals surface area (Å²) >= 11 is 0. The van der Waals surface area contributed by atoms with Crippen LogP contribution in [-0.2, 0) is 4.74 Å². The van der Waals surface area contributed by atoms with Crippen LogP contribution in [0.4, 0.5) is 4.79 Å². The van der Waals surface area contributed by atoms with Crippen LogP contribution in [0.2, 0.25) is 0 Å². The summed E-state index contributed by atoms with van der Waals surface area (Å²) in [5.74, 6) is 0. The van der Waals surface area contributed by atoms with Crippen molar-refractivity contribution in [2.24, 2.45) is 5.41 Å². The van der Waals surface area contributed by atoms with Crippen molar-refractivity contribution in [3.05, 3.63) is 0 Å². The van der Waals surface area contributed by atoms with Gasteiger partial charge in [0.1, 0.15) is 0 Å². The zero-order valence-corrected chi connectivity index (χ0v) is 5.97. The Balaban J connectivity index is 3.39. The number of carboxylic acid groups (broad SMARTS) is 1. The van der Waals surface area contributed by atoms with Crippen molar-refractivity contribution >= 4 is 6.16 Å². The van der Waals surface area contributed by atoms with Crippen LogP contribution in [0.1, 0.15) is 20.8 Å². The lowest BCUT2D eigenvalue weighted by molar-refractivity contribution is 0.0621. The predicted molar refractivity (Wildman–Crippen MR) is 33.4 cm³/mol. The maximum Gasteiger partial charge on any atom is 0.505 e. The Morgan fingerprint density at radius 1 is 1.56 bits per heavy atom. The molecule has 0 aliphatic carbocycles. The summed E-state index contributed by atoms with van der Waals surface area (Å²) in [6, 6.07) is 0. The van der Waals surface area contributed by atoms with Crippen LogP contribution < -0.4 is 0 Å². The lowest BCUT2D eigenvalue weighted by atomic mass is 9.99. The van der Waals surface area contributed by atoms with Gasteiger partial charge in [-0.2, -0.15) is 0 Å². The molecule has 0 radical (unpaired) electrons. The van der Waals surface area contributed by atoms with E-state index in [1.165, 1.54) is 0 Å². The molecule has 0 aromatic rings. The van der Waals surface area contributed by atoms with Gasteiger partial charge in [0.05, 0.1) is 6.61 Å². The van der Waals surface area contributed by atoms with Gasteiger partial charge in [0.25, 0.3) is 0 Å². The van der Waals surface area contributed by atoms with Gasteiger partial charge in [0.15, 0.2) is 0 Å². The van der Waals surface area contributed by atoms with Crippen molar-refractivity contribution in [2.75, 3.05) is 6.61 Å². The molecule has 0 aromatic heterocycles. The van der Waals surface area contributed by atoms with E-state index in [-0.39, 0.29) is 12.0 Å². The van der Waals surface area contributed by atoms with Crippen molar-refractivity contribution in [2.45, 2.75) is 20.8 Å². The smallest absolute Gasteiger partial charge is 0.450 e. The minimum Gasteiger partial charge on any atom is -0.450 e. The van der Waals surface area contributed by atoms with Crippen LogP contribution in [0.3, 0.4) is 0 Å². The van der Waals surface area contributed by atoms with E-state index in [0.717, 1.165) is 0 Å². The van der Waals surface area contributed by atoms with Crippen LogP contribution in [0.15, 0.2) is 0 Å². The molecule has 54 valence electrons. The maximum absolute atomic E-state index is 9.82. The Bertz CT molecular complexity index is 101. The molecule has 0 heterocycles. The molecule has 0 spiro atoms. The monoisotopic (exact) mass is 132 g/mol. The second kappa shape index (κ2) is 2.71. The number of rotatable bonds is 1. The number of carbonyl (C=O) groups is 1. The predicted octanol–water partition coefficient (Wildman–Crippen LogP) is 1.73. The Morgan fingerprint density at radius 3 is 2.11 bits per heavy atom. The van der Waals surface area contributed by atoms with Crippen LogP contribution in [0.5, 0.6) is 0 Å². The van der Waals surface area contributed by atoms with E-state index in [4.69, 9.17) is 5.11 Å². The molecule has 0 aliphatic heterocycles. The summed E-state index contributed by atoms with van der Waals surface area (Å²) in [5, 5.41) is 8.05. The van der Waals surface area contributed by atoms with Gasteiger partial charge in [-0.3, -0.25) is 0 Å². The minimum absolute atomic E-state index is 0.0710. The molecule has 0 fully saturated rings. The summed E-state index contributed by atoms with van der Waals surface area (Å²) in [7, 11) is 0. The number of hydrogen-bond acceptors (Lipinski definition) is 2. The van der Waals surface area contributed by atoms with Gasteiger partial charge in [0.2, 0.25) is 0 Å². The van der Waals surface area contributed by atoms with Gasteiger partial charge in [-0.1, -0.05) is 20.8 Å². The molecule has 0 aliphatic rings. The Kier molecular flexibility index (Phi) is 2.49. The van der Waals surface area contributed by atoms with Gasteiger partial charge >= 0.3 is 6.16 Å². The van der Waals surface area contributed by atoms with Gasteiger partial charge in [-0.15, -0.1) is 0 Å². The largest absolute Gasteiger partial charge is 0.505 e. The van der Waals surface area contributed by atoms with Crippen LogP contribution in [0, 0.1) is 5.41 Å². The SMILES string of the molecule is CC(C)(C)COC(=O)O. The summed E-state index contributed by atoms with van der Waals surface area (Å²) in [4.78, 5) is 9.82. The third kappa shape index (κ3) is 7.27. The molecule has 0 atom stereocenters. The Morgan fingerprint density at radius 2 is 2.00 bits per heavy atom. The molecule has 3 nitrogen and oxygen atoms in total. The second-order valence-corrected chi connectivity index (χ2v) is 3.12. The molecule has 3 heteroatoms. The van der Waals surface area contributed by atoms with Crippen molar-refractivity contribution < 1.29 is 14.6 Å². The molecule has 0 amide bonds.